The number of carbonyl (C=O) groups is 2. The average Bonchev–Trinajstić information content (AvgIpc) is 2.32. The highest BCUT2D eigenvalue weighted by atomic mass is 16.6. The van der Waals surface area contributed by atoms with Gasteiger partial charge in [0.25, 0.3) is 0 Å². The molecule has 0 spiro atoms. The summed E-state index contributed by atoms with van der Waals surface area (Å²) in [5.74, 6) is -0.581. The Morgan fingerprint density at radius 2 is 1.87 bits per heavy atom. The number of aliphatic hydroxyl groups is 1. The molecular formula is C18H26O5. The lowest BCUT2D eigenvalue weighted by molar-refractivity contribution is -0.248. The van der Waals surface area contributed by atoms with Crippen LogP contribution in [0.2, 0.25) is 0 Å². The molecule has 0 aromatic heterocycles. The minimum absolute atomic E-state index is 0.182. The molecule has 0 radical (unpaired) electrons. The van der Waals surface area contributed by atoms with Crippen molar-refractivity contribution < 1.29 is 24.2 Å². The first-order valence-corrected chi connectivity index (χ1v) is 8.30. The van der Waals surface area contributed by atoms with Crippen molar-refractivity contribution in [3.8, 4) is 0 Å². The first-order valence-electron chi connectivity index (χ1n) is 8.30. The maximum Gasteiger partial charge on any atom is 0.330 e. The molecule has 128 valence electrons. The van der Waals surface area contributed by atoms with Gasteiger partial charge in [0.2, 0.25) is 0 Å². The zero-order chi connectivity index (χ0) is 17.1. The van der Waals surface area contributed by atoms with Crippen LogP contribution in [0, 0.1) is 11.3 Å². The molecule has 0 aromatic carbocycles. The molecule has 4 fully saturated rings. The van der Waals surface area contributed by atoms with Crippen molar-refractivity contribution in [3.63, 3.8) is 0 Å². The van der Waals surface area contributed by atoms with Crippen molar-refractivity contribution in [2.45, 2.75) is 76.1 Å². The number of hydrogen-bond acceptors (Lipinski definition) is 5. The highest BCUT2D eigenvalue weighted by Crippen LogP contribution is 2.64. The minimum atomic E-state index is -0.947. The van der Waals surface area contributed by atoms with Crippen LogP contribution in [0.5, 0.6) is 0 Å². The van der Waals surface area contributed by atoms with E-state index < -0.39 is 28.2 Å². The summed E-state index contributed by atoms with van der Waals surface area (Å²) in [6.07, 6.45) is 4.47. The average molecular weight is 322 g/mol. The van der Waals surface area contributed by atoms with Gasteiger partial charge in [-0.25, -0.2) is 4.79 Å². The van der Waals surface area contributed by atoms with Crippen LogP contribution in [0.25, 0.3) is 0 Å². The highest BCUT2D eigenvalue weighted by Gasteiger charge is 2.67. The molecule has 5 nitrogen and oxygen atoms in total. The summed E-state index contributed by atoms with van der Waals surface area (Å²) in [6, 6.07) is 0. The Labute approximate surface area is 137 Å². The number of esters is 2. The molecular weight excluding hydrogens is 296 g/mol. The molecule has 4 aliphatic carbocycles. The lowest BCUT2D eigenvalue weighted by Crippen LogP contribution is -2.66. The van der Waals surface area contributed by atoms with Crippen molar-refractivity contribution in [1.29, 1.82) is 0 Å². The van der Waals surface area contributed by atoms with Crippen molar-refractivity contribution in [1.82, 2.24) is 0 Å². The normalized spacial score (nSPS) is 41.5. The maximum absolute atomic E-state index is 12.9. The van der Waals surface area contributed by atoms with Gasteiger partial charge < -0.3 is 14.6 Å². The predicted octanol–water partition coefficient (Wildman–Crippen LogP) is 2.51. The van der Waals surface area contributed by atoms with Gasteiger partial charge in [0.05, 0.1) is 11.0 Å². The molecule has 23 heavy (non-hydrogen) atoms. The fourth-order valence-corrected chi connectivity index (χ4v) is 5.28. The van der Waals surface area contributed by atoms with E-state index in [1.165, 1.54) is 0 Å². The highest BCUT2D eigenvalue weighted by molar-refractivity contribution is 5.82. The molecule has 0 heterocycles. The molecule has 4 rings (SSSR count). The Hall–Kier alpha value is -1.36. The number of hydrogen-bond donors (Lipinski definition) is 1. The second-order valence-corrected chi connectivity index (χ2v) is 8.82. The summed E-state index contributed by atoms with van der Waals surface area (Å²) in [6.45, 7) is 8.97. The van der Waals surface area contributed by atoms with Crippen molar-refractivity contribution in [2.24, 2.45) is 11.3 Å². The molecule has 4 atom stereocenters. The topological polar surface area (TPSA) is 72.8 Å². The summed E-state index contributed by atoms with van der Waals surface area (Å²) in [4.78, 5) is 24.6. The van der Waals surface area contributed by atoms with Gasteiger partial charge in [0.15, 0.2) is 0 Å². The van der Waals surface area contributed by atoms with E-state index in [9.17, 15) is 14.7 Å². The van der Waals surface area contributed by atoms with Gasteiger partial charge in [-0.15, -0.1) is 0 Å². The molecule has 4 saturated carbocycles. The summed E-state index contributed by atoms with van der Waals surface area (Å²) >= 11 is 0. The van der Waals surface area contributed by atoms with Crippen LogP contribution >= 0.6 is 0 Å². The van der Waals surface area contributed by atoms with Gasteiger partial charge in [0, 0.05) is 18.9 Å². The predicted molar refractivity (Wildman–Crippen MR) is 83.4 cm³/mol. The molecule has 0 amide bonds. The van der Waals surface area contributed by atoms with Crippen LogP contribution in [0.15, 0.2) is 12.7 Å². The van der Waals surface area contributed by atoms with Gasteiger partial charge in [-0.05, 0) is 52.4 Å². The van der Waals surface area contributed by atoms with Crippen LogP contribution < -0.4 is 0 Å². The molecule has 4 unspecified atom stereocenters. The van der Waals surface area contributed by atoms with E-state index in [4.69, 9.17) is 9.47 Å². The zero-order valence-electron chi connectivity index (χ0n) is 14.2. The molecule has 1 N–H and O–H groups in total. The minimum Gasteiger partial charge on any atom is -0.460 e. The van der Waals surface area contributed by atoms with E-state index in [1.54, 1.807) is 0 Å². The van der Waals surface area contributed by atoms with Gasteiger partial charge in [-0.3, -0.25) is 4.79 Å². The quantitative estimate of drug-likeness (QED) is 0.638. The van der Waals surface area contributed by atoms with E-state index in [2.05, 4.69) is 6.58 Å². The lowest BCUT2D eigenvalue weighted by Gasteiger charge is -2.62. The third-order valence-electron chi connectivity index (χ3n) is 5.30. The van der Waals surface area contributed by atoms with Gasteiger partial charge in [-0.2, -0.15) is 0 Å². The monoisotopic (exact) mass is 322 g/mol. The standard InChI is InChI=1S/C18H26O5/c1-5-13(19)22-18-8-12-6-16(10-18,9-17(21,7-12)11-18)14(20)23-15(2,3)4/h5,12,21H,1,6-11H2,2-4H3. The summed E-state index contributed by atoms with van der Waals surface area (Å²) in [5, 5.41) is 10.9. The van der Waals surface area contributed by atoms with Crippen LogP contribution in [-0.2, 0) is 19.1 Å². The lowest BCUT2D eigenvalue weighted by atomic mass is 9.46. The van der Waals surface area contributed by atoms with E-state index in [-0.39, 0.29) is 11.9 Å². The van der Waals surface area contributed by atoms with Crippen LogP contribution in [0.1, 0.15) is 59.3 Å². The largest absolute Gasteiger partial charge is 0.460 e. The summed E-state index contributed by atoms with van der Waals surface area (Å²) < 4.78 is 11.3. The molecule has 0 aliphatic heterocycles. The summed E-state index contributed by atoms with van der Waals surface area (Å²) in [5.41, 5.74) is -3.04. The third-order valence-corrected chi connectivity index (χ3v) is 5.30. The number of ether oxygens (including phenoxy) is 2. The number of rotatable bonds is 3. The number of carbonyl (C=O) groups excluding carboxylic acids is 2. The SMILES string of the molecule is C=CC(=O)OC12CC3CC(O)(C1)CC(C(=O)OC(C)(C)C)(C3)C2. The fraction of sp³-hybridized carbons (Fsp3) is 0.778. The second kappa shape index (κ2) is 4.82. The Morgan fingerprint density at radius 1 is 1.17 bits per heavy atom. The van der Waals surface area contributed by atoms with E-state index in [0.29, 0.717) is 38.5 Å². The molecule has 0 aromatic rings. The fourth-order valence-electron chi connectivity index (χ4n) is 5.28. The maximum atomic E-state index is 12.9. The van der Waals surface area contributed by atoms with Crippen LogP contribution in [0.3, 0.4) is 0 Å². The van der Waals surface area contributed by atoms with Crippen LogP contribution in [-0.4, -0.2) is 33.8 Å². The summed E-state index contributed by atoms with van der Waals surface area (Å²) in [7, 11) is 0. The molecule has 4 bridgehead atoms. The second-order valence-electron chi connectivity index (χ2n) is 8.82. The molecule has 5 heteroatoms. The van der Waals surface area contributed by atoms with Crippen molar-refractivity contribution in [3.05, 3.63) is 12.7 Å². The van der Waals surface area contributed by atoms with E-state index in [1.807, 2.05) is 20.8 Å². The first-order chi connectivity index (χ1) is 10.5. The zero-order valence-corrected chi connectivity index (χ0v) is 14.2. The smallest absolute Gasteiger partial charge is 0.330 e. The van der Waals surface area contributed by atoms with Crippen LogP contribution in [0.4, 0.5) is 0 Å². The van der Waals surface area contributed by atoms with Gasteiger partial charge >= 0.3 is 11.9 Å². The Kier molecular flexibility index (Phi) is 3.46. The molecule has 4 aliphatic rings. The van der Waals surface area contributed by atoms with Gasteiger partial charge in [0.1, 0.15) is 11.2 Å². The molecule has 0 saturated heterocycles. The van der Waals surface area contributed by atoms with Crippen molar-refractivity contribution in [2.75, 3.05) is 0 Å². The first kappa shape index (κ1) is 16.5. The van der Waals surface area contributed by atoms with E-state index in [0.717, 1.165) is 6.08 Å². The third kappa shape index (κ3) is 2.91. The Bertz CT molecular complexity index is 562. The van der Waals surface area contributed by atoms with E-state index >= 15 is 0 Å². The Morgan fingerprint density at radius 3 is 2.43 bits per heavy atom. The Balaban J connectivity index is 1.92. The van der Waals surface area contributed by atoms with Crippen molar-refractivity contribution >= 4 is 11.9 Å². The van der Waals surface area contributed by atoms with Gasteiger partial charge in [-0.1, -0.05) is 6.58 Å².